The minimum absolute atomic E-state index is 2.60. The highest BCUT2D eigenvalue weighted by Crippen LogP contribution is 2.21. The Balaban J connectivity index is 3.68. The summed E-state index contributed by atoms with van der Waals surface area (Å²) in [5.74, 6) is -13.4. The molecule has 0 spiro atoms. The van der Waals surface area contributed by atoms with Gasteiger partial charge in [0.05, 0.1) is 0 Å². The van der Waals surface area contributed by atoms with Crippen LogP contribution in [0.4, 0.5) is 34.3 Å². The van der Waals surface area contributed by atoms with E-state index in [1.165, 1.54) is 0 Å². The van der Waals surface area contributed by atoms with Gasteiger partial charge in [0.2, 0.25) is 5.82 Å². The second-order valence-corrected chi connectivity index (χ2v) is 3.94. The van der Waals surface area contributed by atoms with Crippen LogP contribution in [0.15, 0.2) is 0 Å². The average Bonchev–Trinajstić information content (AvgIpc) is 2.09. The number of halogens is 8. The third kappa shape index (κ3) is 1.83. The van der Waals surface area contributed by atoms with E-state index in [0.717, 1.165) is 0 Å². The Labute approximate surface area is 78.7 Å². The zero-order chi connectivity index (χ0) is 12.0. The number of hydrogen-bond acceptors (Lipinski definition) is 0. The van der Waals surface area contributed by atoms with E-state index in [4.69, 9.17) is 0 Å². The zero-order valence-corrected chi connectivity index (χ0v) is 7.52. The van der Waals surface area contributed by atoms with Gasteiger partial charge in [0.1, 0.15) is 5.19 Å². The van der Waals surface area contributed by atoms with E-state index in [1.807, 2.05) is 0 Å². The summed E-state index contributed by atoms with van der Waals surface area (Å²) in [7, 11) is -7.10. The van der Waals surface area contributed by atoms with Crippen molar-refractivity contribution in [1.82, 2.24) is 0 Å². The van der Waals surface area contributed by atoms with Crippen LogP contribution in [0.25, 0.3) is 0 Å². The number of rotatable bonds is 1. The normalized spacial score (nSPS) is 12.0. The number of hydrogen-bond donors (Lipinski definition) is 0. The van der Waals surface area contributed by atoms with Gasteiger partial charge in [0.25, 0.3) is 0 Å². The van der Waals surface area contributed by atoms with Crippen LogP contribution in [0.5, 0.6) is 0 Å². The molecule has 0 unspecified atom stereocenters. The fourth-order valence-corrected chi connectivity index (χ4v) is 1.57. The molecule has 1 aromatic carbocycles. The molecule has 0 aliphatic rings. The van der Waals surface area contributed by atoms with Crippen LogP contribution in [-0.4, -0.2) is 9.08 Å². The van der Waals surface area contributed by atoms with Crippen LogP contribution in [0.3, 0.4) is 0 Å². The Morgan fingerprint density at radius 2 is 0.800 bits per heavy atom. The molecular formula is C6F8Si. The van der Waals surface area contributed by atoms with E-state index < -0.39 is 43.3 Å². The van der Waals surface area contributed by atoms with Crippen LogP contribution >= 0.6 is 0 Å². The standard InChI is InChI=1S/C6F8Si/c7-1-2(8)4(10)6(15(12,13)14)5(11)3(1)9. The maximum Gasteiger partial charge on any atom is 0.659 e. The van der Waals surface area contributed by atoms with E-state index >= 15 is 0 Å². The average molecular weight is 252 g/mol. The summed E-state index contributed by atoms with van der Waals surface area (Å²) in [6, 6.07) is 0. The second-order valence-electron chi connectivity index (χ2n) is 2.44. The first-order valence-corrected chi connectivity index (χ1v) is 4.90. The van der Waals surface area contributed by atoms with Crippen molar-refractivity contribution in [1.29, 1.82) is 0 Å². The summed E-state index contributed by atoms with van der Waals surface area (Å²) < 4.78 is 97.9. The first-order chi connectivity index (χ1) is 6.68. The molecule has 0 bridgehead atoms. The van der Waals surface area contributed by atoms with Gasteiger partial charge in [-0.25, -0.2) is 34.3 Å². The second kappa shape index (κ2) is 3.47. The lowest BCUT2D eigenvalue weighted by Gasteiger charge is -2.08. The van der Waals surface area contributed by atoms with Gasteiger partial charge in [0, 0.05) is 0 Å². The maximum absolute atomic E-state index is 12.5. The molecule has 0 aromatic heterocycles. The highest BCUT2D eigenvalue weighted by molar-refractivity contribution is 6.73. The van der Waals surface area contributed by atoms with Gasteiger partial charge in [-0.3, -0.25) is 0 Å². The molecule has 84 valence electrons. The lowest BCUT2D eigenvalue weighted by molar-refractivity contribution is 0.377. The van der Waals surface area contributed by atoms with Gasteiger partial charge >= 0.3 is 9.08 Å². The van der Waals surface area contributed by atoms with Gasteiger partial charge in [-0.15, -0.1) is 0 Å². The van der Waals surface area contributed by atoms with Gasteiger partial charge in [-0.05, 0) is 0 Å². The molecule has 0 aliphatic carbocycles. The van der Waals surface area contributed by atoms with Gasteiger partial charge in [-0.1, -0.05) is 0 Å². The Kier molecular flexibility index (Phi) is 2.76. The monoisotopic (exact) mass is 252 g/mol. The van der Waals surface area contributed by atoms with Crippen molar-refractivity contribution in [2.75, 3.05) is 0 Å². The SMILES string of the molecule is Fc1c(F)c(F)c([Si](F)(F)F)c(F)c1F. The molecule has 0 saturated carbocycles. The molecule has 9 heteroatoms. The van der Waals surface area contributed by atoms with E-state index in [-0.39, 0.29) is 0 Å². The Morgan fingerprint density at radius 3 is 1.07 bits per heavy atom. The summed E-state index contributed by atoms with van der Waals surface area (Å²) in [6.45, 7) is 0. The zero-order valence-electron chi connectivity index (χ0n) is 6.52. The third-order valence-corrected chi connectivity index (χ3v) is 2.50. The molecule has 15 heavy (non-hydrogen) atoms. The highest BCUT2D eigenvalue weighted by atomic mass is 28.5. The van der Waals surface area contributed by atoms with Gasteiger partial charge < -0.3 is 0 Å². The lowest BCUT2D eigenvalue weighted by atomic mass is 10.3. The molecule has 0 amide bonds. The highest BCUT2D eigenvalue weighted by Gasteiger charge is 2.49. The quantitative estimate of drug-likeness (QED) is 0.237. The maximum atomic E-state index is 12.5. The van der Waals surface area contributed by atoms with Crippen LogP contribution in [0.2, 0.25) is 0 Å². The van der Waals surface area contributed by atoms with Crippen molar-refractivity contribution in [3.8, 4) is 0 Å². The Bertz CT molecular complexity index is 380. The van der Waals surface area contributed by atoms with Crippen molar-refractivity contribution in [2.24, 2.45) is 0 Å². The Hall–Kier alpha value is -1.12. The summed E-state index contributed by atoms with van der Waals surface area (Å²) in [5.41, 5.74) is 0. The largest absolute Gasteiger partial charge is 0.659 e. The molecule has 1 aromatic rings. The predicted octanol–water partition coefficient (Wildman–Crippen LogP) is 2.44. The molecular weight excluding hydrogens is 252 g/mol. The van der Waals surface area contributed by atoms with E-state index in [2.05, 4.69) is 0 Å². The predicted molar refractivity (Wildman–Crippen MR) is 34.9 cm³/mol. The first kappa shape index (κ1) is 11.9. The summed E-state index contributed by atoms with van der Waals surface area (Å²) in [4.78, 5) is 0. The molecule has 0 aliphatic heterocycles. The van der Waals surface area contributed by atoms with Crippen molar-refractivity contribution >= 4 is 14.3 Å². The van der Waals surface area contributed by atoms with E-state index in [0.29, 0.717) is 0 Å². The van der Waals surface area contributed by atoms with E-state index in [1.54, 1.807) is 0 Å². The van der Waals surface area contributed by atoms with Crippen molar-refractivity contribution < 1.29 is 34.3 Å². The molecule has 0 N–H and O–H groups in total. The minimum Gasteiger partial charge on any atom is -0.234 e. The Morgan fingerprint density at radius 1 is 0.533 bits per heavy atom. The molecule has 0 heterocycles. The first-order valence-electron chi connectivity index (χ1n) is 3.26. The van der Waals surface area contributed by atoms with Crippen molar-refractivity contribution in [3.05, 3.63) is 29.1 Å². The number of benzene rings is 1. The fraction of sp³-hybridized carbons (Fsp3) is 0. The minimum atomic E-state index is -7.10. The van der Waals surface area contributed by atoms with Crippen molar-refractivity contribution in [3.63, 3.8) is 0 Å². The molecule has 0 saturated heterocycles. The molecule has 0 nitrogen and oxygen atoms in total. The molecule has 0 atom stereocenters. The lowest BCUT2D eigenvalue weighted by Crippen LogP contribution is -2.41. The summed E-state index contributed by atoms with van der Waals surface area (Å²) in [5, 5.41) is -2.65. The summed E-state index contributed by atoms with van der Waals surface area (Å²) in [6.07, 6.45) is 0. The third-order valence-electron chi connectivity index (χ3n) is 1.49. The molecule has 1 rings (SSSR count). The van der Waals surface area contributed by atoms with Crippen LogP contribution < -0.4 is 5.19 Å². The molecule has 0 fully saturated rings. The smallest absolute Gasteiger partial charge is 0.234 e. The van der Waals surface area contributed by atoms with Gasteiger partial charge in [-0.2, -0.15) is 0 Å². The molecule has 0 radical (unpaired) electrons. The topological polar surface area (TPSA) is 0 Å². The summed E-state index contributed by atoms with van der Waals surface area (Å²) >= 11 is 0. The van der Waals surface area contributed by atoms with Crippen LogP contribution in [0.1, 0.15) is 0 Å². The fourth-order valence-electron chi connectivity index (χ4n) is 0.854. The van der Waals surface area contributed by atoms with E-state index in [9.17, 15) is 34.3 Å². The van der Waals surface area contributed by atoms with Gasteiger partial charge in [0.15, 0.2) is 23.3 Å². The van der Waals surface area contributed by atoms with Crippen molar-refractivity contribution in [2.45, 2.75) is 0 Å². The van der Waals surface area contributed by atoms with Crippen LogP contribution in [-0.2, 0) is 0 Å². The van der Waals surface area contributed by atoms with Crippen LogP contribution in [0, 0.1) is 29.1 Å².